The smallest absolute Gasteiger partial charge is 0.181 e. The van der Waals surface area contributed by atoms with Gasteiger partial charge in [0.05, 0.1) is 36.2 Å². The van der Waals surface area contributed by atoms with Gasteiger partial charge in [-0.3, -0.25) is 9.69 Å². The van der Waals surface area contributed by atoms with Crippen molar-refractivity contribution < 1.29 is 5.11 Å². The second-order valence-corrected chi connectivity index (χ2v) is 9.63. The minimum atomic E-state index is -0.372. The number of hydrazone groups is 2. The van der Waals surface area contributed by atoms with E-state index in [1.54, 1.807) is 30.3 Å². The molecule has 0 saturated heterocycles. The third-order valence-electron chi connectivity index (χ3n) is 5.31. The molecule has 1 aliphatic rings. The summed E-state index contributed by atoms with van der Waals surface area (Å²) in [6.45, 7) is 16.0. The van der Waals surface area contributed by atoms with E-state index in [0.717, 1.165) is 41.9 Å². The number of hydrogen-bond acceptors (Lipinski definition) is 8. The van der Waals surface area contributed by atoms with Crippen LogP contribution in [0.3, 0.4) is 0 Å². The van der Waals surface area contributed by atoms with Crippen LogP contribution in [0.4, 0.5) is 0 Å². The molecule has 2 aromatic rings. The number of nitrogens with zero attached hydrogens (tertiary/aromatic N) is 8. The molecule has 1 aromatic carbocycles. The molecule has 10 nitrogen and oxygen atoms in total. The van der Waals surface area contributed by atoms with Crippen LogP contribution in [0.2, 0.25) is 5.02 Å². The lowest BCUT2D eigenvalue weighted by atomic mass is 10.0. The second-order valence-electron chi connectivity index (χ2n) is 9.19. The zero-order chi connectivity index (χ0) is 34.8. The van der Waals surface area contributed by atoms with E-state index in [0.29, 0.717) is 10.9 Å². The molecule has 2 atom stereocenters. The molecule has 11 heteroatoms. The van der Waals surface area contributed by atoms with Gasteiger partial charge in [-0.25, -0.2) is 4.99 Å². The number of aliphatic hydroxyl groups is 1. The van der Waals surface area contributed by atoms with E-state index in [2.05, 4.69) is 38.6 Å². The molecule has 0 aliphatic carbocycles. The van der Waals surface area contributed by atoms with Crippen molar-refractivity contribution in [1.82, 2.24) is 25.1 Å². The molecule has 1 aliphatic heterocycles. The number of likely N-dealkylation sites (N-methyl/N-ethyl adjacent to an activating group) is 2. The van der Waals surface area contributed by atoms with Gasteiger partial charge in [-0.2, -0.15) is 20.6 Å². The fraction of sp³-hybridized carbons (Fsp3) is 0.500. The van der Waals surface area contributed by atoms with Crippen LogP contribution in [0.15, 0.2) is 75.8 Å². The number of aromatic nitrogens is 2. The van der Waals surface area contributed by atoms with Gasteiger partial charge in [0.1, 0.15) is 6.04 Å². The first kappa shape index (κ1) is 43.2. The highest BCUT2D eigenvalue weighted by atomic mass is 35.5. The molecule has 3 rings (SSSR count). The zero-order valence-electron chi connectivity index (χ0n) is 29.5. The first-order valence-electron chi connectivity index (χ1n) is 15.5. The molecule has 0 radical (unpaired) electrons. The van der Waals surface area contributed by atoms with Gasteiger partial charge >= 0.3 is 0 Å². The van der Waals surface area contributed by atoms with Crippen molar-refractivity contribution in [2.75, 3.05) is 34.7 Å². The number of nitriles is 1. The summed E-state index contributed by atoms with van der Waals surface area (Å²) in [4.78, 5) is 4.47. The lowest BCUT2D eigenvalue weighted by Crippen LogP contribution is -2.22. The molecule has 0 saturated carbocycles. The molecule has 0 amide bonds. The summed E-state index contributed by atoms with van der Waals surface area (Å²) in [5.41, 5.74) is 3.93. The van der Waals surface area contributed by atoms with Crippen molar-refractivity contribution in [3.05, 3.63) is 76.7 Å². The molecule has 2 heterocycles. The molecule has 250 valence electrons. The highest BCUT2D eigenvalue weighted by molar-refractivity contribution is 6.30. The number of aliphatic imine (C=N–C) groups is 1. The Bertz CT molecular complexity index is 1240. The van der Waals surface area contributed by atoms with Crippen molar-refractivity contribution in [3.63, 3.8) is 0 Å². The molecule has 45 heavy (non-hydrogen) atoms. The van der Waals surface area contributed by atoms with Gasteiger partial charge in [0, 0.05) is 63.8 Å². The van der Waals surface area contributed by atoms with Gasteiger partial charge in [0.25, 0.3) is 0 Å². The molecule has 2 N–H and O–H groups in total. The van der Waals surface area contributed by atoms with Gasteiger partial charge in [-0.05, 0) is 38.0 Å². The number of aliphatic hydroxyl groups excluding tert-OH is 1. The lowest BCUT2D eigenvalue weighted by Gasteiger charge is -2.14. The van der Waals surface area contributed by atoms with E-state index >= 15 is 0 Å². The summed E-state index contributed by atoms with van der Waals surface area (Å²) < 4.78 is 1.93. The molecular weight excluding hydrogens is 586 g/mol. The van der Waals surface area contributed by atoms with E-state index in [9.17, 15) is 0 Å². The largest absolute Gasteiger partial charge is 0.389 e. The van der Waals surface area contributed by atoms with Crippen molar-refractivity contribution in [3.8, 4) is 6.07 Å². The van der Waals surface area contributed by atoms with Crippen molar-refractivity contribution in [1.29, 1.82) is 5.26 Å². The number of nitrogens with one attached hydrogen (secondary N) is 1. The van der Waals surface area contributed by atoms with Crippen LogP contribution in [-0.2, 0) is 0 Å². The quantitative estimate of drug-likeness (QED) is 0.130. The molecule has 0 fully saturated rings. The van der Waals surface area contributed by atoms with Crippen molar-refractivity contribution in [2.45, 2.75) is 80.4 Å². The lowest BCUT2D eigenvalue weighted by molar-refractivity contribution is 0.244. The maximum absolute atomic E-state index is 8.92. The molecule has 1 aromatic heterocycles. The van der Waals surface area contributed by atoms with Gasteiger partial charge in [-0.15, -0.1) is 0 Å². The number of benzene rings is 1. The minimum absolute atomic E-state index is 0.0145. The van der Waals surface area contributed by atoms with E-state index in [1.165, 1.54) is 6.92 Å². The monoisotopic (exact) mass is 641 g/mol. The Hall–Kier alpha value is -3.94. The van der Waals surface area contributed by atoms with Crippen LogP contribution in [0.5, 0.6) is 0 Å². The summed E-state index contributed by atoms with van der Waals surface area (Å²) in [6, 6.07) is 9.50. The summed E-state index contributed by atoms with van der Waals surface area (Å²) in [5, 5.41) is 37.4. The number of amidine groups is 1. The predicted octanol–water partition coefficient (Wildman–Crippen LogP) is 7.15. The van der Waals surface area contributed by atoms with Crippen LogP contribution in [0.1, 0.15) is 85.4 Å². The maximum Gasteiger partial charge on any atom is 0.181 e. The molecule has 2 unspecified atom stereocenters. The van der Waals surface area contributed by atoms with Gasteiger partial charge in [0.15, 0.2) is 5.84 Å². The Morgan fingerprint density at radius 3 is 2.29 bits per heavy atom. The number of rotatable bonds is 9. The fourth-order valence-corrected chi connectivity index (χ4v) is 3.70. The maximum atomic E-state index is 8.92. The topological polar surface area (TPSA) is 117 Å². The van der Waals surface area contributed by atoms with Crippen LogP contribution < -0.4 is 5.32 Å². The van der Waals surface area contributed by atoms with Crippen LogP contribution in [-0.4, -0.2) is 83.5 Å². The van der Waals surface area contributed by atoms with E-state index < -0.39 is 0 Å². The normalized spacial score (nSPS) is 14.8. The zero-order valence-corrected chi connectivity index (χ0v) is 30.2. The minimum Gasteiger partial charge on any atom is -0.389 e. The fourth-order valence-electron chi connectivity index (χ4n) is 3.57. The van der Waals surface area contributed by atoms with E-state index in [-0.39, 0.29) is 12.1 Å². The standard InChI is InChI=1S/C19H24ClN7.C9H17NO.C2H3N.2C2H6/c1-5-10-21-19(24-25(2)3)15-11-22-27(12-15)17-13-26(4)23-18(17)14-6-8-16(20)9-7-14;1-4-5-9(10-3)7-6-8(2)11;1-2-3;2*1-2/h6-12,17H,5,13H2,1-4H3;5-8,10-11H,4H2,1-3H3;1H3;2*1-2H3/b21-10?,24-19-;7-6-,9-5+;;;. The number of hydrogen-bond donors (Lipinski definition) is 2. The highest BCUT2D eigenvalue weighted by Crippen LogP contribution is 2.24. The first-order chi connectivity index (χ1) is 21.6. The van der Waals surface area contributed by atoms with Crippen LogP contribution in [0.25, 0.3) is 0 Å². The predicted molar refractivity (Wildman–Crippen MR) is 193 cm³/mol. The second kappa shape index (κ2) is 26.5. The third-order valence-corrected chi connectivity index (χ3v) is 5.56. The summed E-state index contributed by atoms with van der Waals surface area (Å²) >= 11 is 6.02. The molecular formula is C34H56ClN9O. The number of allylic oxidation sites excluding steroid dienone is 2. The first-order valence-corrected chi connectivity index (χ1v) is 15.9. The summed E-state index contributed by atoms with van der Waals surface area (Å²) in [6.07, 6.45) is 12.8. The van der Waals surface area contributed by atoms with Crippen molar-refractivity contribution in [2.24, 2.45) is 15.2 Å². The Kier molecular flexibility index (Phi) is 25.4. The van der Waals surface area contributed by atoms with E-state index in [1.807, 2.05) is 115 Å². The Morgan fingerprint density at radius 2 is 1.80 bits per heavy atom. The average Bonchev–Trinajstić information content (AvgIpc) is 3.67. The van der Waals surface area contributed by atoms with Crippen LogP contribution in [0, 0.1) is 11.3 Å². The van der Waals surface area contributed by atoms with Gasteiger partial charge in [-0.1, -0.05) is 77.4 Å². The highest BCUT2D eigenvalue weighted by Gasteiger charge is 2.28. The third kappa shape index (κ3) is 17.8. The molecule has 0 spiro atoms. The summed E-state index contributed by atoms with van der Waals surface area (Å²) in [7, 11) is 7.59. The van der Waals surface area contributed by atoms with Crippen molar-refractivity contribution >= 4 is 29.4 Å². The Morgan fingerprint density at radius 1 is 1.20 bits per heavy atom. The molecule has 0 bridgehead atoms. The number of halogens is 1. The average molecular weight is 642 g/mol. The Labute approximate surface area is 277 Å². The van der Waals surface area contributed by atoms with Crippen LogP contribution >= 0.6 is 11.6 Å². The van der Waals surface area contributed by atoms with Gasteiger partial charge in [0.2, 0.25) is 0 Å². The van der Waals surface area contributed by atoms with E-state index in [4.69, 9.17) is 22.0 Å². The van der Waals surface area contributed by atoms with Gasteiger partial charge < -0.3 is 15.4 Å². The summed E-state index contributed by atoms with van der Waals surface area (Å²) in [5.74, 6) is 0.643. The SMILES string of the molecule is CC.CC.CC#N.CC/C=C(\C=C/C(C)O)NC.CCC=N/C(=N\N(C)C)c1cnn(C2CN(C)N=C2c2ccc(Cl)cc2)c1. The Balaban J connectivity index is 0.